The quantitative estimate of drug-likeness (QED) is 0.729. The Balaban J connectivity index is 2.10. The molecular weight excluding hydrogens is 384 g/mol. The molecule has 2 aromatic rings. The smallest absolute Gasteiger partial charge is 0.159 e. The zero-order valence-corrected chi connectivity index (χ0v) is 14.8. The van der Waals surface area contributed by atoms with Crippen LogP contribution >= 0.6 is 31.9 Å². The van der Waals surface area contributed by atoms with E-state index in [1.54, 1.807) is 6.20 Å². The maximum atomic E-state index is 5.89. The van der Waals surface area contributed by atoms with E-state index in [1.165, 1.54) is 0 Å². The van der Waals surface area contributed by atoms with Crippen LogP contribution in [0.15, 0.2) is 33.3 Å². The number of benzene rings is 1. The summed E-state index contributed by atoms with van der Waals surface area (Å²) >= 11 is 7.10. The molecule has 1 heterocycles. The molecule has 0 amide bonds. The van der Waals surface area contributed by atoms with Gasteiger partial charge in [0.2, 0.25) is 0 Å². The molecular formula is C15H18Br2N2O. The summed E-state index contributed by atoms with van der Waals surface area (Å²) < 4.78 is 7.82. The number of hydrogen-bond donors (Lipinski definition) is 1. The lowest BCUT2D eigenvalue weighted by Gasteiger charge is -2.13. The Hall–Kier alpha value is -0.650. The largest absolute Gasteiger partial charge is 0.489 e. The summed E-state index contributed by atoms with van der Waals surface area (Å²) in [4.78, 5) is 4.42. The Kier molecular flexibility index (Phi) is 5.81. The van der Waals surface area contributed by atoms with E-state index in [0.717, 1.165) is 38.7 Å². The van der Waals surface area contributed by atoms with Crippen LogP contribution < -0.4 is 10.1 Å². The second-order valence-corrected chi connectivity index (χ2v) is 6.72. The van der Waals surface area contributed by atoms with E-state index in [1.807, 2.05) is 18.2 Å². The number of halogens is 2. The van der Waals surface area contributed by atoms with Gasteiger partial charge in [-0.05, 0) is 40.5 Å². The number of nitrogens with one attached hydrogen (secondary N) is 1. The van der Waals surface area contributed by atoms with Gasteiger partial charge in [-0.15, -0.1) is 0 Å². The summed E-state index contributed by atoms with van der Waals surface area (Å²) in [7, 11) is 0. The van der Waals surface area contributed by atoms with E-state index in [2.05, 4.69) is 56.0 Å². The summed E-state index contributed by atoms with van der Waals surface area (Å²) in [6.45, 7) is 6.84. The van der Waals surface area contributed by atoms with Gasteiger partial charge in [0.05, 0.1) is 4.47 Å². The number of pyridine rings is 1. The first-order chi connectivity index (χ1) is 9.59. The van der Waals surface area contributed by atoms with Crippen LogP contribution in [0.4, 0.5) is 0 Å². The molecule has 0 aliphatic carbocycles. The first kappa shape index (κ1) is 15.7. The SMILES string of the molecule is CC(C)CNCCOc1c(Br)cc(Br)c2cccnc12. The van der Waals surface area contributed by atoms with Crippen LogP contribution in [0, 0.1) is 5.92 Å². The van der Waals surface area contributed by atoms with Crippen molar-refractivity contribution in [3.05, 3.63) is 33.3 Å². The number of aromatic nitrogens is 1. The molecule has 20 heavy (non-hydrogen) atoms. The van der Waals surface area contributed by atoms with Gasteiger partial charge in [0.15, 0.2) is 5.75 Å². The highest BCUT2D eigenvalue weighted by Crippen LogP contribution is 2.37. The molecule has 5 heteroatoms. The molecule has 3 nitrogen and oxygen atoms in total. The first-order valence-electron chi connectivity index (χ1n) is 6.66. The second kappa shape index (κ2) is 7.38. The number of nitrogens with zero attached hydrogens (tertiary/aromatic N) is 1. The van der Waals surface area contributed by atoms with Gasteiger partial charge in [0, 0.05) is 22.6 Å². The lowest BCUT2D eigenvalue weighted by molar-refractivity contribution is 0.312. The molecule has 0 spiro atoms. The molecule has 0 saturated heterocycles. The highest BCUT2D eigenvalue weighted by atomic mass is 79.9. The highest BCUT2D eigenvalue weighted by Gasteiger charge is 2.11. The fourth-order valence-electron chi connectivity index (χ4n) is 1.90. The number of hydrogen-bond acceptors (Lipinski definition) is 3. The molecule has 0 aliphatic heterocycles. The van der Waals surface area contributed by atoms with E-state index in [4.69, 9.17) is 4.74 Å². The van der Waals surface area contributed by atoms with E-state index < -0.39 is 0 Å². The maximum Gasteiger partial charge on any atom is 0.159 e. The molecule has 0 atom stereocenters. The van der Waals surface area contributed by atoms with Crippen molar-refractivity contribution in [2.45, 2.75) is 13.8 Å². The number of rotatable bonds is 6. The van der Waals surface area contributed by atoms with Gasteiger partial charge in [0.1, 0.15) is 12.1 Å². The van der Waals surface area contributed by atoms with Crippen molar-refractivity contribution >= 4 is 42.8 Å². The Morgan fingerprint density at radius 3 is 2.85 bits per heavy atom. The third kappa shape index (κ3) is 3.93. The molecule has 1 aromatic heterocycles. The van der Waals surface area contributed by atoms with Crippen LogP contribution in [0.3, 0.4) is 0 Å². The molecule has 0 unspecified atom stereocenters. The van der Waals surface area contributed by atoms with Gasteiger partial charge < -0.3 is 10.1 Å². The van der Waals surface area contributed by atoms with Crippen molar-refractivity contribution in [2.75, 3.05) is 19.7 Å². The van der Waals surface area contributed by atoms with Gasteiger partial charge in [-0.3, -0.25) is 4.98 Å². The summed E-state index contributed by atoms with van der Waals surface area (Å²) in [6, 6.07) is 5.96. The molecule has 0 fully saturated rings. The Labute approximate surface area is 136 Å². The minimum absolute atomic E-state index is 0.624. The lowest BCUT2D eigenvalue weighted by atomic mass is 10.2. The monoisotopic (exact) mass is 400 g/mol. The van der Waals surface area contributed by atoms with E-state index >= 15 is 0 Å². The van der Waals surface area contributed by atoms with Crippen molar-refractivity contribution in [3.63, 3.8) is 0 Å². The molecule has 108 valence electrons. The Morgan fingerprint density at radius 1 is 1.30 bits per heavy atom. The summed E-state index contributed by atoms with van der Waals surface area (Å²) in [5.41, 5.74) is 0.873. The molecule has 1 aromatic carbocycles. The maximum absolute atomic E-state index is 5.89. The molecule has 2 rings (SSSR count). The average Bonchev–Trinajstić information content (AvgIpc) is 2.41. The predicted octanol–water partition coefficient (Wildman–Crippen LogP) is 4.38. The van der Waals surface area contributed by atoms with Crippen LogP contribution in [0.5, 0.6) is 5.75 Å². The molecule has 1 N–H and O–H groups in total. The van der Waals surface area contributed by atoms with Crippen molar-refractivity contribution in [2.24, 2.45) is 5.92 Å². The fourth-order valence-corrected chi connectivity index (χ4v) is 3.29. The van der Waals surface area contributed by atoms with Gasteiger partial charge in [-0.2, -0.15) is 0 Å². The van der Waals surface area contributed by atoms with E-state index in [9.17, 15) is 0 Å². The predicted molar refractivity (Wildman–Crippen MR) is 90.3 cm³/mol. The normalized spacial score (nSPS) is 11.2. The minimum Gasteiger partial charge on any atom is -0.489 e. The van der Waals surface area contributed by atoms with Gasteiger partial charge in [0.25, 0.3) is 0 Å². The number of fused-ring (bicyclic) bond motifs is 1. The third-order valence-electron chi connectivity index (χ3n) is 2.83. The highest BCUT2D eigenvalue weighted by molar-refractivity contribution is 9.11. The zero-order valence-electron chi connectivity index (χ0n) is 11.6. The van der Waals surface area contributed by atoms with Crippen molar-refractivity contribution in [3.8, 4) is 5.75 Å². The summed E-state index contributed by atoms with van der Waals surface area (Å²) in [6.07, 6.45) is 1.78. The Morgan fingerprint density at radius 2 is 2.10 bits per heavy atom. The van der Waals surface area contributed by atoms with Crippen LogP contribution in [-0.4, -0.2) is 24.7 Å². The fraction of sp³-hybridized carbons (Fsp3) is 0.400. The minimum atomic E-state index is 0.624. The van der Waals surface area contributed by atoms with Crippen LogP contribution in [0.1, 0.15) is 13.8 Å². The van der Waals surface area contributed by atoms with Crippen LogP contribution in [-0.2, 0) is 0 Å². The first-order valence-corrected chi connectivity index (χ1v) is 8.24. The Bertz CT molecular complexity index is 587. The van der Waals surface area contributed by atoms with Crippen molar-refractivity contribution in [1.29, 1.82) is 0 Å². The van der Waals surface area contributed by atoms with Crippen molar-refractivity contribution < 1.29 is 4.74 Å². The van der Waals surface area contributed by atoms with Gasteiger partial charge >= 0.3 is 0 Å². The van der Waals surface area contributed by atoms with Gasteiger partial charge in [-0.25, -0.2) is 0 Å². The number of ether oxygens (including phenoxy) is 1. The van der Waals surface area contributed by atoms with Crippen LogP contribution in [0.2, 0.25) is 0 Å². The summed E-state index contributed by atoms with van der Waals surface area (Å²) in [5, 5.41) is 4.42. The summed E-state index contributed by atoms with van der Waals surface area (Å²) in [5.74, 6) is 1.45. The second-order valence-electron chi connectivity index (χ2n) is 5.02. The third-order valence-corrected chi connectivity index (χ3v) is 4.07. The van der Waals surface area contributed by atoms with Crippen molar-refractivity contribution in [1.82, 2.24) is 10.3 Å². The lowest BCUT2D eigenvalue weighted by Crippen LogP contribution is -2.25. The molecule has 0 bridgehead atoms. The standard InChI is InChI=1S/C15H18Br2N2O/c1-10(2)9-18-6-7-20-15-13(17)8-12(16)11-4-3-5-19-14(11)15/h3-5,8,10,18H,6-7,9H2,1-2H3. The zero-order chi connectivity index (χ0) is 14.5. The topological polar surface area (TPSA) is 34.1 Å². The van der Waals surface area contributed by atoms with E-state index in [0.29, 0.717) is 12.5 Å². The molecule has 0 aliphatic rings. The molecule has 0 radical (unpaired) electrons. The van der Waals surface area contributed by atoms with E-state index in [-0.39, 0.29) is 0 Å². The van der Waals surface area contributed by atoms with Gasteiger partial charge in [-0.1, -0.05) is 35.8 Å². The van der Waals surface area contributed by atoms with Crippen LogP contribution in [0.25, 0.3) is 10.9 Å². The molecule has 0 saturated carbocycles. The average molecular weight is 402 g/mol.